The molecule has 0 saturated carbocycles. The molecular formula is C17H27N5O. The standard InChI is InChI=1S/C17H27N5O/c1-3-19-17(22-11-6-14(2)7-12-22)21-10-9-20-16(23)15-5-4-8-18-13-15/h4-5,8,13-14H,3,6-7,9-12H2,1-2H3,(H,19,21)(H,20,23). The van der Waals surface area contributed by atoms with Crippen LogP contribution in [0, 0.1) is 5.92 Å². The molecule has 6 heteroatoms. The Bertz CT molecular complexity index is 509. The zero-order valence-electron chi connectivity index (χ0n) is 14.1. The van der Waals surface area contributed by atoms with Crippen LogP contribution in [0.4, 0.5) is 0 Å². The Morgan fingerprint density at radius 2 is 2.17 bits per heavy atom. The number of rotatable bonds is 5. The molecule has 0 atom stereocenters. The van der Waals surface area contributed by atoms with Crippen LogP contribution in [0.15, 0.2) is 29.5 Å². The zero-order valence-corrected chi connectivity index (χ0v) is 14.1. The van der Waals surface area contributed by atoms with E-state index < -0.39 is 0 Å². The van der Waals surface area contributed by atoms with Crippen LogP contribution in [-0.2, 0) is 0 Å². The maximum atomic E-state index is 11.9. The van der Waals surface area contributed by atoms with E-state index in [1.165, 1.54) is 12.8 Å². The van der Waals surface area contributed by atoms with E-state index in [9.17, 15) is 4.79 Å². The lowest BCUT2D eigenvalue weighted by Gasteiger charge is -2.33. The maximum absolute atomic E-state index is 11.9. The van der Waals surface area contributed by atoms with Crippen molar-refractivity contribution in [3.63, 3.8) is 0 Å². The number of carbonyl (C=O) groups is 1. The van der Waals surface area contributed by atoms with Gasteiger partial charge in [-0.15, -0.1) is 0 Å². The van der Waals surface area contributed by atoms with Gasteiger partial charge in [0.2, 0.25) is 0 Å². The highest BCUT2D eigenvalue weighted by Gasteiger charge is 2.18. The lowest BCUT2D eigenvalue weighted by Crippen LogP contribution is -2.45. The Kier molecular flexibility index (Phi) is 6.84. The van der Waals surface area contributed by atoms with E-state index >= 15 is 0 Å². The summed E-state index contributed by atoms with van der Waals surface area (Å²) < 4.78 is 0. The van der Waals surface area contributed by atoms with Crippen LogP contribution in [0.25, 0.3) is 0 Å². The van der Waals surface area contributed by atoms with Gasteiger partial charge in [-0.3, -0.25) is 14.8 Å². The molecule has 6 nitrogen and oxygen atoms in total. The molecule has 1 aromatic rings. The number of pyridine rings is 1. The van der Waals surface area contributed by atoms with E-state index in [1.807, 2.05) is 0 Å². The number of nitrogens with one attached hydrogen (secondary N) is 2. The van der Waals surface area contributed by atoms with Crippen molar-refractivity contribution in [1.29, 1.82) is 0 Å². The topological polar surface area (TPSA) is 69.6 Å². The fourth-order valence-electron chi connectivity index (χ4n) is 2.58. The fraction of sp³-hybridized carbons (Fsp3) is 0.588. The zero-order chi connectivity index (χ0) is 16.5. The number of nitrogens with zero attached hydrogens (tertiary/aromatic N) is 3. The number of amides is 1. The van der Waals surface area contributed by atoms with Crippen LogP contribution in [0.5, 0.6) is 0 Å². The normalized spacial score (nSPS) is 16.3. The first-order valence-electron chi connectivity index (χ1n) is 8.42. The minimum atomic E-state index is -0.106. The molecule has 1 aliphatic heterocycles. The third kappa shape index (κ3) is 5.54. The molecule has 2 rings (SSSR count). The predicted molar refractivity (Wildman–Crippen MR) is 92.5 cm³/mol. The number of aliphatic imine (C=N–C) groups is 1. The summed E-state index contributed by atoms with van der Waals surface area (Å²) >= 11 is 0. The van der Waals surface area contributed by atoms with Crippen molar-refractivity contribution in [1.82, 2.24) is 20.5 Å². The summed E-state index contributed by atoms with van der Waals surface area (Å²) in [5, 5.41) is 6.21. The van der Waals surface area contributed by atoms with Gasteiger partial charge in [0.1, 0.15) is 0 Å². The summed E-state index contributed by atoms with van der Waals surface area (Å²) in [5.74, 6) is 1.65. The molecule has 1 aliphatic rings. The lowest BCUT2D eigenvalue weighted by atomic mass is 10.00. The first kappa shape index (κ1) is 17.2. The van der Waals surface area contributed by atoms with Gasteiger partial charge in [0.05, 0.1) is 12.1 Å². The smallest absolute Gasteiger partial charge is 0.252 e. The molecule has 1 aromatic heterocycles. The summed E-state index contributed by atoms with van der Waals surface area (Å²) in [4.78, 5) is 22.8. The first-order valence-corrected chi connectivity index (χ1v) is 8.42. The van der Waals surface area contributed by atoms with Gasteiger partial charge in [0.25, 0.3) is 5.91 Å². The summed E-state index contributed by atoms with van der Waals surface area (Å²) in [7, 11) is 0. The second-order valence-corrected chi connectivity index (χ2v) is 5.90. The van der Waals surface area contributed by atoms with Crippen LogP contribution < -0.4 is 10.6 Å². The molecule has 126 valence electrons. The van der Waals surface area contributed by atoms with Gasteiger partial charge in [-0.2, -0.15) is 0 Å². The molecule has 0 bridgehead atoms. The SMILES string of the molecule is CCNC(=NCCNC(=O)c1cccnc1)N1CCC(C)CC1. The summed E-state index contributed by atoms with van der Waals surface area (Å²) in [6.45, 7) is 8.42. The highest BCUT2D eigenvalue weighted by Crippen LogP contribution is 2.15. The molecule has 1 fully saturated rings. The van der Waals surface area contributed by atoms with Crippen LogP contribution in [0.3, 0.4) is 0 Å². The van der Waals surface area contributed by atoms with Crippen LogP contribution in [-0.4, -0.2) is 54.5 Å². The number of hydrogen-bond acceptors (Lipinski definition) is 3. The molecule has 1 amide bonds. The van der Waals surface area contributed by atoms with Crippen LogP contribution in [0.2, 0.25) is 0 Å². The monoisotopic (exact) mass is 317 g/mol. The highest BCUT2D eigenvalue weighted by molar-refractivity contribution is 5.93. The van der Waals surface area contributed by atoms with E-state index in [4.69, 9.17) is 0 Å². The van der Waals surface area contributed by atoms with Crippen LogP contribution in [0.1, 0.15) is 37.0 Å². The number of carbonyl (C=O) groups excluding carboxylic acids is 1. The fourth-order valence-corrected chi connectivity index (χ4v) is 2.58. The number of hydrogen-bond donors (Lipinski definition) is 2. The van der Waals surface area contributed by atoms with Gasteiger partial charge < -0.3 is 15.5 Å². The van der Waals surface area contributed by atoms with Crippen molar-refractivity contribution in [3.8, 4) is 0 Å². The van der Waals surface area contributed by atoms with Crippen molar-refractivity contribution >= 4 is 11.9 Å². The van der Waals surface area contributed by atoms with Gasteiger partial charge in [0, 0.05) is 38.6 Å². The molecule has 0 aromatic carbocycles. The Morgan fingerprint density at radius 3 is 2.83 bits per heavy atom. The molecular weight excluding hydrogens is 290 g/mol. The number of guanidine groups is 1. The summed E-state index contributed by atoms with van der Waals surface area (Å²) in [5.41, 5.74) is 0.577. The number of aromatic nitrogens is 1. The van der Waals surface area contributed by atoms with E-state index in [2.05, 4.69) is 39.4 Å². The summed E-state index contributed by atoms with van der Waals surface area (Å²) in [6.07, 6.45) is 5.64. The van der Waals surface area contributed by atoms with Gasteiger partial charge in [0.15, 0.2) is 5.96 Å². The van der Waals surface area contributed by atoms with E-state index in [0.717, 1.165) is 31.5 Å². The molecule has 1 saturated heterocycles. The van der Waals surface area contributed by atoms with Crippen molar-refractivity contribution in [2.75, 3.05) is 32.7 Å². The third-order valence-electron chi connectivity index (χ3n) is 4.00. The summed E-state index contributed by atoms with van der Waals surface area (Å²) in [6, 6.07) is 3.51. The molecule has 23 heavy (non-hydrogen) atoms. The molecule has 2 N–H and O–H groups in total. The highest BCUT2D eigenvalue weighted by atomic mass is 16.1. The lowest BCUT2D eigenvalue weighted by molar-refractivity contribution is 0.0954. The van der Waals surface area contributed by atoms with E-state index in [1.54, 1.807) is 24.5 Å². The molecule has 0 spiro atoms. The van der Waals surface area contributed by atoms with Gasteiger partial charge >= 0.3 is 0 Å². The predicted octanol–water partition coefficient (Wildman–Crippen LogP) is 1.51. The minimum absolute atomic E-state index is 0.106. The quantitative estimate of drug-likeness (QED) is 0.491. The third-order valence-corrected chi connectivity index (χ3v) is 4.00. The number of likely N-dealkylation sites (tertiary alicyclic amines) is 1. The second-order valence-electron chi connectivity index (χ2n) is 5.90. The Labute approximate surface area is 138 Å². The Balaban J connectivity index is 1.80. The Morgan fingerprint density at radius 1 is 1.39 bits per heavy atom. The molecule has 0 unspecified atom stereocenters. The maximum Gasteiger partial charge on any atom is 0.252 e. The van der Waals surface area contributed by atoms with E-state index in [0.29, 0.717) is 18.7 Å². The molecule has 2 heterocycles. The molecule has 0 radical (unpaired) electrons. The van der Waals surface area contributed by atoms with Gasteiger partial charge in [-0.1, -0.05) is 6.92 Å². The van der Waals surface area contributed by atoms with Crippen molar-refractivity contribution < 1.29 is 4.79 Å². The molecule has 0 aliphatic carbocycles. The average Bonchev–Trinajstić information content (AvgIpc) is 2.59. The second kappa shape index (κ2) is 9.12. The first-order chi connectivity index (χ1) is 11.2. The van der Waals surface area contributed by atoms with Gasteiger partial charge in [-0.05, 0) is 37.8 Å². The Hall–Kier alpha value is -2.11. The van der Waals surface area contributed by atoms with Gasteiger partial charge in [-0.25, -0.2) is 0 Å². The largest absolute Gasteiger partial charge is 0.357 e. The van der Waals surface area contributed by atoms with Crippen molar-refractivity contribution in [3.05, 3.63) is 30.1 Å². The van der Waals surface area contributed by atoms with Crippen LogP contribution >= 0.6 is 0 Å². The number of piperidine rings is 1. The van der Waals surface area contributed by atoms with E-state index in [-0.39, 0.29) is 5.91 Å². The van der Waals surface area contributed by atoms with Crippen molar-refractivity contribution in [2.24, 2.45) is 10.9 Å². The minimum Gasteiger partial charge on any atom is -0.357 e. The average molecular weight is 317 g/mol. The van der Waals surface area contributed by atoms with Crippen molar-refractivity contribution in [2.45, 2.75) is 26.7 Å².